The largest absolute Gasteiger partial charge is 0.382 e. The molecule has 0 saturated carbocycles. The van der Waals surface area contributed by atoms with Crippen LogP contribution in [0, 0.1) is 5.92 Å². The summed E-state index contributed by atoms with van der Waals surface area (Å²) < 4.78 is 22.6. The molecule has 0 saturated heterocycles. The van der Waals surface area contributed by atoms with E-state index in [1.54, 1.807) is 12.1 Å². The summed E-state index contributed by atoms with van der Waals surface area (Å²) in [5.74, 6) is 0.588. The minimum Gasteiger partial charge on any atom is -0.382 e. The van der Waals surface area contributed by atoms with Gasteiger partial charge in [-0.25, -0.2) is 8.42 Å². The smallest absolute Gasteiger partial charge is 0.175 e. The average molecular weight is 255 g/mol. The molecular weight excluding hydrogens is 234 g/mol. The van der Waals surface area contributed by atoms with Gasteiger partial charge in [-0.2, -0.15) is 0 Å². The zero-order valence-corrected chi connectivity index (χ0v) is 11.7. The van der Waals surface area contributed by atoms with E-state index in [0.29, 0.717) is 16.9 Å². The highest BCUT2D eigenvalue weighted by molar-refractivity contribution is 7.90. The van der Waals surface area contributed by atoms with Gasteiger partial charge in [0.1, 0.15) is 0 Å². The van der Waals surface area contributed by atoms with Gasteiger partial charge in [0.05, 0.1) is 4.90 Å². The standard InChI is InChI=1S/C13H21NO2S/c1-5-10(2)11(3)14-12-6-8-13(9-7-12)17(4,15)16/h6-11,14H,5H2,1-4H3. The van der Waals surface area contributed by atoms with Crippen LogP contribution in [0.25, 0.3) is 0 Å². The van der Waals surface area contributed by atoms with Gasteiger partial charge in [0, 0.05) is 18.0 Å². The maximum Gasteiger partial charge on any atom is 0.175 e. The van der Waals surface area contributed by atoms with Crippen molar-refractivity contribution in [3.8, 4) is 0 Å². The summed E-state index contributed by atoms with van der Waals surface area (Å²) in [6.45, 7) is 6.50. The Labute approximate surface area is 104 Å². The van der Waals surface area contributed by atoms with Crippen molar-refractivity contribution in [1.29, 1.82) is 0 Å². The molecule has 0 heterocycles. The van der Waals surface area contributed by atoms with Gasteiger partial charge in [0.15, 0.2) is 9.84 Å². The van der Waals surface area contributed by atoms with Crippen molar-refractivity contribution in [3.63, 3.8) is 0 Å². The molecule has 0 amide bonds. The third-order valence-corrected chi connectivity index (χ3v) is 4.30. The minimum absolute atomic E-state index is 0.360. The van der Waals surface area contributed by atoms with Gasteiger partial charge >= 0.3 is 0 Å². The molecule has 4 heteroatoms. The van der Waals surface area contributed by atoms with Crippen LogP contribution in [-0.4, -0.2) is 20.7 Å². The molecule has 0 aliphatic rings. The number of anilines is 1. The molecule has 2 atom stereocenters. The van der Waals surface area contributed by atoms with Crippen molar-refractivity contribution in [2.24, 2.45) is 5.92 Å². The molecule has 1 rings (SSSR count). The van der Waals surface area contributed by atoms with E-state index in [2.05, 4.69) is 26.1 Å². The van der Waals surface area contributed by atoms with Gasteiger partial charge in [-0.1, -0.05) is 20.3 Å². The number of rotatable bonds is 5. The molecule has 0 aromatic heterocycles. The number of benzene rings is 1. The van der Waals surface area contributed by atoms with Crippen LogP contribution >= 0.6 is 0 Å². The molecule has 0 aliphatic heterocycles. The van der Waals surface area contributed by atoms with Crippen LogP contribution in [0.15, 0.2) is 29.2 Å². The zero-order chi connectivity index (χ0) is 13.1. The number of nitrogens with one attached hydrogen (secondary N) is 1. The van der Waals surface area contributed by atoms with E-state index in [-0.39, 0.29) is 0 Å². The van der Waals surface area contributed by atoms with Crippen LogP contribution in [0.4, 0.5) is 5.69 Å². The van der Waals surface area contributed by atoms with Crippen LogP contribution in [0.2, 0.25) is 0 Å². The monoisotopic (exact) mass is 255 g/mol. The van der Waals surface area contributed by atoms with E-state index in [1.807, 2.05) is 12.1 Å². The molecule has 1 aromatic rings. The first-order chi connectivity index (χ1) is 7.84. The van der Waals surface area contributed by atoms with Crippen molar-refractivity contribution < 1.29 is 8.42 Å². The van der Waals surface area contributed by atoms with Crippen molar-refractivity contribution in [2.45, 2.75) is 38.1 Å². The second-order valence-corrected chi connectivity index (χ2v) is 6.63. The van der Waals surface area contributed by atoms with Gasteiger partial charge in [0.25, 0.3) is 0 Å². The molecule has 3 nitrogen and oxygen atoms in total. The molecule has 1 aromatic carbocycles. The van der Waals surface area contributed by atoms with Gasteiger partial charge in [-0.05, 0) is 37.1 Å². The van der Waals surface area contributed by atoms with Gasteiger partial charge < -0.3 is 5.32 Å². The fourth-order valence-corrected chi connectivity index (χ4v) is 2.19. The Bertz CT molecular complexity index is 451. The molecule has 2 unspecified atom stereocenters. The summed E-state index contributed by atoms with van der Waals surface area (Å²) in [5.41, 5.74) is 0.963. The third kappa shape index (κ3) is 4.04. The van der Waals surface area contributed by atoms with Crippen LogP contribution in [0.1, 0.15) is 27.2 Å². The number of hydrogen-bond donors (Lipinski definition) is 1. The average Bonchev–Trinajstić information content (AvgIpc) is 2.27. The van der Waals surface area contributed by atoms with Gasteiger partial charge in [-0.15, -0.1) is 0 Å². The molecule has 0 radical (unpaired) electrons. The summed E-state index contributed by atoms with van der Waals surface area (Å²) >= 11 is 0. The fourth-order valence-electron chi connectivity index (χ4n) is 1.56. The van der Waals surface area contributed by atoms with Crippen molar-refractivity contribution in [3.05, 3.63) is 24.3 Å². The van der Waals surface area contributed by atoms with E-state index >= 15 is 0 Å². The van der Waals surface area contributed by atoms with Crippen LogP contribution < -0.4 is 5.32 Å². The Morgan fingerprint density at radius 3 is 2.12 bits per heavy atom. The highest BCUT2D eigenvalue weighted by atomic mass is 32.2. The molecular formula is C13H21NO2S. The second-order valence-electron chi connectivity index (χ2n) is 4.62. The maximum atomic E-state index is 11.3. The third-order valence-electron chi connectivity index (χ3n) is 3.17. The Balaban J connectivity index is 2.76. The molecule has 96 valence electrons. The fraction of sp³-hybridized carbons (Fsp3) is 0.538. The van der Waals surface area contributed by atoms with Crippen LogP contribution in [0.5, 0.6) is 0 Å². The highest BCUT2D eigenvalue weighted by Crippen LogP contribution is 2.17. The Kier molecular flexibility index (Phi) is 4.57. The molecule has 0 bridgehead atoms. The summed E-state index contributed by atoms with van der Waals surface area (Å²) in [6, 6.07) is 7.29. The van der Waals surface area contributed by atoms with Gasteiger partial charge in [0.2, 0.25) is 0 Å². The van der Waals surface area contributed by atoms with Crippen molar-refractivity contribution >= 4 is 15.5 Å². The second kappa shape index (κ2) is 5.54. The summed E-state index contributed by atoms with van der Waals surface area (Å²) in [7, 11) is -3.10. The summed E-state index contributed by atoms with van der Waals surface area (Å²) in [4.78, 5) is 0.360. The maximum absolute atomic E-state index is 11.3. The summed E-state index contributed by atoms with van der Waals surface area (Å²) in [6.07, 6.45) is 2.34. The van der Waals surface area contributed by atoms with Crippen molar-refractivity contribution in [1.82, 2.24) is 0 Å². The van der Waals surface area contributed by atoms with E-state index in [4.69, 9.17) is 0 Å². The Hall–Kier alpha value is -1.03. The summed E-state index contributed by atoms with van der Waals surface area (Å²) in [5, 5.41) is 3.38. The van der Waals surface area contributed by atoms with Gasteiger partial charge in [-0.3, -0.25) is 0 Å². The predicted molar refractivity (Wildman–Crippen MR) is 72.1 cm³/mol. The number of hydrogen-bond acceptors (Lipinski definition) is 3. The van der Waals surface area contributed by atoms with Crippen LogP contribution in [0.3, 0.4) is 0 Å². The molecule has 1 N–H and O–H groups in total. The normalized spacial score (nSPS) is 15.3. The van der Waals surface area contributed by atoms with Crippen molar-refractivity contribution in [2.75, 3.05) is 11.6 Å². The lowest BCUT2D eigenvalue weighted by molar-refractivity contribution is 0.494. The van der Waals surface area contributed by atoms with E-state index < -0.39 is 9.84 Å². The lowest BCUT2D eigenvalue weighted by Crippen LogP contribution is -2.23. The Morgan fingerprint density at radius 2 is 1.71 bits per heavy atom. The molecule has 17 heavy (non-hydrogen) atoms. The predicted octanol–water partition coefficient (Wildman–Crippen LogP) is 2.94. The number of sulfone groups is 1. The lowest BCUT2D eigenvalue weighted by atomic mass is 10.0. The first kappa shape index (κ1) is 14.0. The lowest BCUT2D eigenvalue weighted by Gasteiger charge is -2.21. The quantitative estimate of drug-likeness (QED) is 0.880. The SMILES string of the molecule is CCC(C)C(C)Nc1ccc(S(C)(=O)=O)cc1. The molecule has 0 fully saturated rings. The Morgan fingerprint density at radius 1 is 1.18 bits per heavy atom. The topological polar surface area (TPSA) is 46.2 Å². The molecule has 0 aliphatic carbocycles. The van der Waals surface area contributed by atoms with E-state index in [9.17, 15) is 8.42 Å². The zero-order valence-electron chi connectivity index (χ0n) is 10.9. The minimum atomic E-state index is -3.10. The molecule has 0 spiro atoms. The first-order valence-electron chi connectivity index (χ1n) is 5.91. The first-order valence-corrected chi connectivity index (χ1v) is 7.80. The van der Waals surface area contributed by atoms with E-state index in [0.717, 1.165) is 12.1 Å². The highest BCUT2D eigenvalue weighted by Gasteiger charge is 2.10. The van der Waals surface area contributed by atoms with Crippen LogP contribution in [-0.2, 0) is 9.84 Å². The van der Waals surface area contributed by atoms with E-state index in [1.165, 1.54) is 6.26 Å².